The Hall–Kier alpha value is -1.07. The number of nitrogen functional groups attached to an aromatic ring is 1. The maximum atomic E-state index is 12.1. The van der Waals surface area contributed by atoms with Gasteiger partial charge >= 0.3 is 0 Å². The number of hydrogen-bond acceptors (Lipinski definition) is 3. The average Bonchev–Trinajstić information content (AvgIpc) is 2.28. The minimum atomic E-state index is -0.356. The smallest absolute Gasteiger partial charge is 0.253 e. The van der Waals surface area contributed by atoms with E-state index in [2.05, 4.69) is 21.2 Å². The van der Waals surface area contributed by atoms with Crippen LogP contribution in [0.4, 0.5) is 5.69 Å². The zero-order chi connectivity index (χ0) is 13.5. The molecule has 1 aromatic rings. The standard InChI is InChI=1S/C13H17BrN2O2/c1-13(2)10(6-11(13)17)16-12(18)8-4-3-7(14)5-9(8)15/h3-5,10-11,17H,6,15H2,1-2H3,(H,16,18). The summed E-state index contributed by atoms with van der Waals surface area (Å²) in [7, 11) is 0. The van der Waals surface area contributed by atoms with Crippen LogP contribution in [-0.2, 0) is 0 Å². The molecule has 1 saturated carbocycles. The fourth-order valence-corrected chi connectivity index (χ4v) is 2.50. The summed E-state index contributed by atoms with van der Waals surface area (Å²) in [6.45, 7) is 3.88. The molecule has 4 nitrogen and oxygen atoms in total. The number of carbonyl (C=O) groups excluding carboxylic acids is 1. The Balaban J connectivity index is 2.09. The molecule has 4 N–H and O–H groups in total. The molecule has 0 radical (unpaired) electrons. The van der Waals surface area contributed by atoms with Crippen LogP contribution >= 0.6 is 15.9 Å². The van der Waals surface area contributed by atoms with Crippen molar-refractivity contribution in [2.75, 3.05) is 5.73 Å². The average molecular weight is 313 g/mol. The van der Waals surface area contributed by atoms with Crippen LogP contribution in [0.5, 0.6) is 0 Å². The van der Waals surface area contributed by atoms with E-state index in [0.717, 1.165) is 4.47 Å². The molecule has 98 valence electrons. The van der Waals surface area contributed by atoms with Crippen molar-refractivity contribution < 1.29 is 9.90 Å². The first-order valence-electron chi connectivity index (χ1n) is 5.86. The Morgan fingerprint density at radius 3 is 2.72 bits per heavy atom. The van der Waals surface area contributed by atoms with Crippen LogP contribution in [-0.4, -0.2) is 23.2 Å². The van der Waals surface area contributed by atoms with Gasteiger partial charge in [-0.05, 0) is 24.6 Å². The molecule has 0 bridgehead atoms. The molecule has 1 amide bonds. The van der Waals surface area contributed by atoms with Gasteiger partial charge in [-0.2, -0.15) is 0 Å². The third-order valence-corrected chi connectivity index (χ3v) is 4.27. The van der Waals surface area contributed by atoms with E-state index in [1.165, 1.54) is 0 Å². The van der Waals surface area contributed by atoms with Crippen molar-refractivity contribution in [2.24, 2.45) is 5.41 Å². The van der Waals surface area contributed by atoms with Crippen LogP contribution in [0.15, 0.2) is 22.7 Å². The quantitative estimate of drug-likeness (QED) is 0.730. The normalized spacial score (nSPS) is 25.3. The predicted octanol–water partition coefficient (Wildman–Crippen LogP) is 1.92. The van der Waals surface area contributed by atoms with Crippen LogP contribution in [0.2, 0.25) is 0 Å². The summed E-state index contributed by atoms with van der Waals surface area (Å²) in [4.78, 5) is 12.1. The van der Waals surface area contributed by atoms with Gasteiger partial charge < -0.3 is 16.2 Å². The van der Waals surface area contributed by atoms with Gasteiger partial charge in [0, 0.05) is 21.6 Å². The molecule has 1 fully saturated rings. The van der Waals surface area contributed by atoms with Gasteiger partial charge in [0.15, 0.2) is 0 Å². The number of carbonyl (C=O) groups is 1. The fraction of sp³-hybridized carbons (Fsp3) is 0.462. The lowest BCUT2D eigenvalue weighted by molar-refractivity contribution is -0.0689. The Kier molecular flexibility index (Phi) is 3.38. The number of aliphatic hydroxyl groups excluding tert-OH is 1. The van der Waals surface area contributed by atoms with Gasteiger partial charge in [-0.15, -0.1) is 0 Å². The summed E-state index contributed by atoms with van der Waals surface area (Å²) >= 11 is 3.30. The monoisotopic (exact) mass is 312 g/mol. The minimum Gasteiger partial charge on any atom is -0.398 e. The first-order chi connectivity index (χ1) is 8.32. The molecule has 5 heteroatoms. The molecular weight excluding hydrogens is 296 g/mol. The molecule has 0 aromatic heterocycles. The van der Waals surface area contributed by atoms with E-state index < -0.39 is 0 Å². The molecule has 1 aliphatic carbocycles. The third-order valence-electron chi connectivity index (χ3n) is 3.78. The Labute approximate surface area is 115 Å². The number of nitrogens with two attached hydrogens (primary N) is 1. The molecule has 0 heterocycles. The SMILES string of the molecule is CC1(C)C(O)CC1NC(=O)c1ccc(Br)cc1N. The van der Waals surface area contributed by atoms with E-state index in [9.17, 15) is 9.90 Å². The van der Waals surface area contributed by atoms with Crippen molar-refractivity contribution in [3.05, 3.63) is 28.2 Å². The van der Waals surface area contributed by atoms with E-state index in [1.54, 1.807) is 18.2 Å². The largest absolute Gasteiger partial charge is 0.398 e. The van der Waals surface area contributed by atoms with E-state index in [-0.39, 0.29) is 23.5 Å². The van der Waals surface area contributed by atoms with Gasteiger partial charge in [-0.1, -0.05) is 29.8 Å². The molecule has 1 aromatic carbocycles. The summed E-state index contributed by atoms with van der Waals surface area (Å²) < 4.78 is 0.843. The summed E-state index contributed by atoms with van der Waals surface area (Å²) in [5.41, 5.74) is 6.45. The Bertz CT molecular complexity index is 488. The highest BCUT2D eigenvalue weighted by atomic mass is 79.9. The van der Waals surface area contributed by atoms with Gasteiger partial charge in [0.25, 0.3) is 5.91 Å². The minimum absolute atomic E-state index is 0.0111. The first-order valence-corrected chi connectivity index (χ1v) is 6.65. The predicted molar refractivity (Wildman–Crippen MR) is 74.2 cm³/mol. The third kappa shape index (κ3) is 2.24. The molecule has 1 aliphatic rings. The molecular formula is C13H17BrN2O2. The maximum Gasteiger partial charge on any atom is 0.253 e. The molecule has 0 spiro atoms. The zero-order valence-corrected chi connectivity index (χ0v) is 12.0. The lowest BCUT2D eigenvalue weighted by Crippen LogP contribution is -2.61. The van der Waals surface area contributed by atoms with E-state index >= 15 is 0 Å². The maximum absolute atomic E-state index is 12.1. The van der Waals surface area contributed by atoms with Crippen LogP contribution in [0.1, 0.15) is 30.6 Å². The highest BCUT2D eigenvalue weighted by molar-refractivity contribution is 9.10. The van der Waals surface area contributed by atoms with E-state index in [0.29, 0.717) is 17.7 Å². The number of rotatable bonds is 2. The molecule has 0 aliphatic heterocycles. The summed E-state index contributed by atoms with van der Waals surface area (Å²) in [5.74, 6) is -0.190. The fourth-order valence-electron chi connectivity index (χ4n) is 2.12. The second-order valence-corrected chi connectivity index (χ2v) is 6.25. The molecule has 2 rings (SSSR count). The molecule has 18 heavy (non-hydrogen) atoms. The molecule has 2 unspecified atom stereocenters. The van der Waals surface area contributed by atoms with E-state index in [1.807, 2.05) is 13.8 Å². The number of amides is 1. The highest BCUT2D eigenvalue weighted by Gasteiger charge is 2.48. The highest BCUT2D eigenvalue weighted by Crippen LogP contribution is 2.40. The van der Waals surface area contributed by atoms with Crippen molar-refractivity contribution >= 4 is 27.5 Å². The molecule has 0 saturated heterocycles. The van der Waals surface area contributed by atoms with Gasteiger partial charge in [0.2, 0.25) is 0 Å². The lowest BCUT2D eigenvalue weighted by Gasteiger charge is -2.49. The van der Waals surface area contributed by atoms with Crippen LogP contribution in [0.3, 0.4) is 0 Å². The van der Waals surface area contributed by atoms with Crippen LogP contribution in [0.25, 0.3) is 0 Å². The first kappa shape index (κ1) is 13.4. The number of halogens is 1. The zero-order valence-electron chi connectivity index (χ0n) is 10.4. The van der Waals surface area contributed by atoms with Crippen molar-refractivity contribution in [3.63, 3.8) is 0 Å². The summed E-state index contributed by atoms with van der Waals surface area (Å²) in [5, 5.41) is 12.6. The van der Waals surface area contributed by atoms with Crippen LogP contribution in [0, 0.1) is 5.41 Å². The van der Waals surface area contributed by atoms with Gasteiger partial charge in [0.05, 0.1) is 11.7 Å². The number of hydrogen-bond donors (Lipinski definition) is 3. The van der Waals surface area contributed by atoms with Crippen molar-refractivity contribution in [2.45, 2.75) is 32.4 Å². The van der Waals surface area contributed by atoms with Gasteiger partial charge in [-0.3, -0.25) is 4.79 Å². The molecule has 2 atom stereocenters. The Morgan fingerprint density at radius 2 is 2.22 bits per heavy atom. The van der Waals surface area contributed by atoms with Crippen LogP contribution < -0.4 is 11.1 Å². The van der Waals surface area contributed by atoms with Gasteiger partial charge in [0.1, 0.15) is 0 Å². The van der Waals surface area contributed by atoms with Crippen molar-refractivity contribution in [1.82, 2.24) is 5.32 Å². The van der Waals surface area contributed by atoms with E-state index in [4.69, 9.17) is 5.73 Å². The number of anilines is 1. The van der Waals surface area contributed by atoms with Gasteiger partial charge in [-0.25, -0.2) is 0 Å². The second kappa shape index (κ2) is 4.55. The number of benzene rings is 1. The second-order valence-electron chi connectivity index (χ2n) is 5.33. The lowest BCUT2D eigenvalue weighted by atomic mass is 9.64. The Morgan fingerprint density at radius 1 is 1.56 bits per heavy atom. The summed E-state index contributed by atoms with van der Waals surface area (Å²) in [6.07, 6.45) is 0.236. The van der Waals surface area contributed by atoms with Crippen molar-refractivity contribution in [1.29, 1.82) is 0 Å². The topological polar surface area (TPSA) is 75.3 Å². The number of aliphatic hydroxyl groups is 1. The van der Waals surface area contributed by atoms with Crippen molar-refractivity contribution in [3.8, 4) is 0 Å². The number of nitrogens with one attached hydrogen (secondary N) is 1. The summed E-state index contributed by atoms with van der Waals surface area (Å²) in [6, 6.07) is 5.17.